The van der Waals surface area contributed by atoms with Gasteiger partial charge in [-0.15, -0.1) is 0 Å². The third kappa shape index (κ3) is 7.45. The Labute approximate surface area is 213 Å². The molecule has 1 saturated heterocycles. The predicted molar refractivity (Wildman–Crippen MR) is 141 cm³/mol. The summed E-state index contributed by atoms with van der Waals surface area (Å²) < 4.78 is 11.3. The van der Waals surface area contributed by atoms with Gasteiger partial charge in [-0.1, -0.05) is 60.7 Å². The number of hydrogen-bond acceptors (Lipinski definition) is 3. The molecule has 1 saturated carbocycles. The van der Waals surface area contributed by atoms with Crippen LogP contribution in [0, 0.1) is 5.41 Å². The van der Waals surface area contributed by atoms with Gasteiger partial charge in [-0.05, 0) is 67.6 Å². The van der Waals surface area contributed by atoms with E-state index in [1.54, 1.807) is 9.80 Å². The molecule has 1 aliphatic heterocycles. The molecule has 2 aromatic carbocycles. The molecule has 0 aromatic heterocycles. The Morgan fingerprint density at radius 1 is 1.00 bits per heavy atom. The summed E-state index contributed by atoms with van der Waals surface area (Å²) in [6, 6.07) is 19.5. The molecule has 8 heteroatoms. The minimum absolute atomic E-state index is 0.00329. The van der Waals surface area contributed by atoms with Crippen LogP contribution in [0.15, 0.2) is 72.5 Å². The van der Waals surface area contributed by atoms with E-state index in [9.17, 15) is 24.3 Å². The van der Waals surface area contributed by atoms with Gasteiger partial charge in [0.25, 0.3) is 0 Å². The zero-order valence-electron chi connectivity index (χ0n) is 20.7. The molecule has 0 radical (unpaired) electrons. The molecule has 2 aromatic rings. The first-order valence-electron chi connectivity index (χ1n) is 12.8. The Kier molecular flexibility index (Phi) is 8.55. The first kappa shape index (κ1) is 26.5. The molecule has 3 N–H and O–H groups in total. The van der Waals surface area contributed by atoms with Gasteiger partial charge in [0.1, 0.15) is 11.8 Å². The monoisotopic (exact) mass is 512 g/mol. The van der Waals surface area contributed by atoms with Crippen LogP contribution in [0.4, 0.5) is 4.79 Å². The highest BCUT2D eigenvalue weighted by Gasteiger charge is 2.44. The zero-order chi connectivity index (χ0) is 25.6. The van der Waals surface area contributed by atoms with Gasteiger partial charge in [0.05, 0.1) is 12.7 Å². The van der Waals surface area contributed by atoms with Gasteiger partial charge in [-0.25, -0.2) is 4.79 Å². The van der Waals surface area contributed by atoms with Crippen molar-refractivity contribution in [2.24, 2.45) is 5.41 Å². The maximum Gasteiger partial charge on any atom is 0.325 e. The van der Waals surface area contributed by atoms with Crippen molar-refractivity contribution in [3.63, 3.8) is 0 Å². The molecule has 0 bridgehead atoms. The van der Waals surface area contributed by atoms with Crippen LogP contribution in [-0.2, 0) is 17.5 Å². The van der Waals surface area contributed by atoms with Crippen molar-refractivity contribution in [1.82, 2.24) is 9.80 Å². The third-order valence-electron chi connectivity index (χ3n) is 7.47. The Morgan fingerprint density at radius 2 is 1.64 bits per heavy atom. The lowest BCUT2D eigenvalue weighted by molar-refractivity contribution is 0.179. The first-order chi connectivity index (χ1) is 17.2. The number of nitrogens with zero attached hydrogens (tertiary/aromatic N) is 2. The molecule has 0 spiro atoms. The summed E-state index contributed by atoms with van der Waals surface area (Å²) in [5, 5.41) is 11.0. The number of aliphatic hydroxyl groups is 1. The van der Waals surface area contributed by atoms with Crippen LogP contribution >= 0.6 is 7.60 Å². The summed E-state index contributed by atoms with van der Waals surface area (Å²) >= 11 is 0. The Bertz CT molecular complexity index is 1080. The summed E-state index contributed by atoms with van der Waals surface area (Å²) in [6.07, 6.45) is 7.35. The highest BCUT2D eigenvalue weighted by Crippen LogP contribution is 2.55. The van der Waals surface area contributed by atoms with Gasteiger partial charge in [-0.2, -0.15) is 0 Å². The first-order valence-corrected chi connectivity index (χ1v) is 14.6. The van der Waals surface area contributed by atoms with E-state index in [0.717, 1.165) is 37.7 Å². The lowest BCUT2D eigenvalue weighted by Crippen LogP contribution is -2.37. The minimum atomic E-state index is -3.99. The number of urea groups is 1. The number of aryl methyl sites for hydroxylation is 1. The standard InChI is InChI=1S/C28H37N2O5P/c31-26(14-7-13-23-9-3-1-4-10-23)25-22-29(21-24-11-5-2-6-12-24)27(32)30(25)19-8-15-28(16-17-28)18-20-36(33,34)35/h1-6,9-12,14,25,31H,7-8,13,15-22H2,(H2,33,34,35). The van der Waals surface area contributed by atoms with Gasteiger partial charge in [0.2, 0.25) is 0 Å². The van der Waals surface area contributed by atoms with Gasteiger partial charge in [0.15, 0.2) is 0 Å². The van der Waals surface area contributed by atoms with Gasteiger partial charge >= 0.3 is 13.6 Å². The fourth-order valence-corrected chi connectivity index (χ4v) is 5.88. The molecule has 1 aliphatic carbocycles. The highest BCUT2D eigenvalue weighted by atomic mass is 31.2. The minimum Gasteiger partial charge on any atom is -0.510 e. The molecule has 2 amide bonds. The van der Waals surface area contributed by atoms with E-state index in [0.29, 0.717) is 32.5 Å². The summed E-state index contributed by atoms with van der Waals surface area (Å²) in [4.78, 5) is 35.4. The number of aliphatic hydroxyl groups excluding tert-OH is 1. The molecule has 1 unspecified atom stereocenters. The van der Waals surface area contributed by atoms with E-state index in [4.69, 9.17) is 0 Å². The smallest absolute Gasteiger partial charge is 0.325 e. The Balaban J connectivity index is 1.39. The highest BCUT2D eigenvalue weighted by molar-refractivity contribution is 7.51. The Morgan fingerprint density at radius 3 is 2.25 bits per heavy atom. The lowest BCUT2D eigenvalue weighted by Gasteiger charge is -2.24. The molecule has 1 atom stereocenters. The fraction of sp³-hybridized carbons (Fsp3) is 0.464. The number of carbonyl (C=O) groups excluding carboxylic acids is 1. The summed E-state index contributed by atoms with van der Waals surface area (Å²) in [6.45, 7) is 1.45. The number of amides is 2. The van der Waals surface area contributed by atoms with E-state index in [2.05, 4.69) is 12.1 Å². The molecule has 4 rings (SSSR count). The number of allylic oxidation sites excluding steroid dienone is 1. The van der Waals surface area contributed by atoms with Crippen LogP contribution in [0.5, 0.6) is 0 Å². The topological polar surface area (TPSA) is 101 Å². The van der Waals surface area contributed by atoms with Crippen LogP contribution in [0.25, 0.3) is 0 Å². The van der Waals surface area contributed by atoms with Gasteiger partial charge < -0.3 is 24.7 Å². The largest absolute Gasteiger partial charge is 0.510 e. The van der Waals surface area contributed by atoms with Gasteiger partial charge in [0, 0.05) is 13.1 Å². The van der Waals surface area contributed by atoms with Crippen LogP contribution in [-0.4, -0.2) is 56.0 Å². The second-order valence-corrected chi connectivity index (χ2v) is 12.0. The lowest BCUT2D eigenvalue weighted by atomic mass is 9.97. The van der Waals surface area contributed by atoms with E-state index in [-0.39, 0.29) is 29.4 Å². The quantitative estimate of drug-likeness (QED) is 0.243. The molecule has 7 nitrogen and oxygen atoms in total. The van der Waals surface area contributed by atoms with Crippen molar-refractivity contribution in [1.29, 1.82) is 0 Å². The Hall–Kier alpha value is -2.60. The fourth-order valence-electron chi connectivity index (χ4n) is 5.12. The SMILES string of the molecule is O=C1N(Cc2ccccc2)CC(C(O)=CCCc2ccccc2)N1CCCC1(CCP(=O)(O)O)CC1. The molecule has 2 aliphatic rings. The molecule has 2 fully saturated rings. The zero-order valence-corrected chi connectivity index (χ0v) is 21.6. The van der Waals surface area contributed by atoms with E-state index >= 15 is 0 Å². The summed E-state index contributed by atoms with van der Waals surface area (Å²) in [5.41, 5.74) is 2.25. The van der Waals surface area contributed by atoms with Crippen molar-refractivity contribution >= 4 is 13.6 Å². The second-order valence-electron chi connectivity index (χ2n) is 10.3. The second kappa shape index (κ2) is 11.6. The molecule has 1 heterocycles. The van der Waals surface area contributed by atoms with Gasteiger partial charge in [-0.3, -0.25) is 4.57 Å². The van der Waals surface area contributed by atoms with Crippen molar-refractivity contribution in [2.45, 2.75) is 57.5 Å². The third-order valence-corrected chi connectivity index (χ3v) is 8.28. The maximum atomic E-state index is 13.4. The van der Waals surface area contributed by atoms with E-state index < -0.39 is 7.60 Å². The van der Waals surface area contributed by atoms with Crippen LogP contribution in [0.1, 0.15) is 49.7 Å². The summed E-state index contributed by atoms with van der Waals surface area (Å²) in [7, 11) is -3.99. The maximum absolute atomic E-state index is 13.4. The van der Waals surface area contributed by atoms with Crippen LogP contribution < -0.4 is 0 Å². The number of carbonyl (C=O) groups is 1. The number of rotatable bonds is 13. The van der Waals surface area contributed by atoms with Crippen LogP contribution in [0.2, 0.25) is 0 Å². The van der Waals surface area contributed by atoms with E-state index in [1.807, 2.05) is 54.6 Å². The van der Waals surface area contributed by atoms with Crippen molar-refractivity contribution in [3.8, 4) is 0 Å². The van der Waals surface area contributed by atoms with Crippen molar-refractivity contribution < 1.29 is 24.3 Å². The van der Waals surface area contributed by atoms with Crippen LogP contribution in [0.3, 0.4) is 0 Å². The molecule has 36 heavy (non-hydrogen) atoms. The normalized spacial score (nSPS) is 19.7. The summed E-state index contributed by atoms with van der Waals surface area (Å²) in [5.74, 6) is 0.234. The molecular formula is C28H37N2O5P. The molecule has 194 valence electrons. The number of benzene rings is 2. The predicted octanol–water partition coefficient (Wildman–Crippen LogP) is 5.50. The average molecular weight is 513 g/mol. The number of hydrogen-bond donors (Lipinski definition) is 3. The average Bonchev–Trinajstić information content (AvgIpc) is 3.57. The molecular weight excluding hydrogens is 475 g/mol. The van der Waals surface area contributed by atoms with Crippen molar-refractivity contribution in [2.75, 3.05) is 19.3 Å². The van der Waals surface area contributed by atoms with E-state index in [1.165, 1.54) is 5.56 Å². The van der Waals surface area contributed by atoms with Crippen molar-refractivity contribution in [3.05, 3.63) is 83.6 Å².